The van der Waals surface area contributed by atoms with Crippen molar-refractivity contribution >= 4 is 32.4 Å². The van der Waals surface area contributed by atoms with Crippen molar-refractivity contribution in [3.63, 3.8) is 0 Å². The minimum Gasteiger partial charge on any atom is -0.267 e. The van der Waals surface area contributed by atoms with E-state index in [0.717, 1.165) is 0 Å². The Morgan fingerprint density at radius 2 is 1.80 bits per heavy atom. The molecule has 0 radical (unpaired) electrons. The van der Waals surface area contributed by atoms with Crippen LogP contribution in [0, 0.1) is 6.92 Å². The highest BCUT2D eigenvalue weighted by Crippen LogP contribution is 2.23. The average Bonchev–Trinajstić information content (AvgIpc) is 2.59. The molecular weight excluding hydrogens is 362 g/mol. The molecule has 0 saturated carbocycles. The van der Waals surface area contributed by atoms with Gasteiger partial charge in [-0.3, -0.25) is 4.79 Å². The number of benzene rings is 2. The minimum atomic E-state index is -3.77. The molecule has 0 aliphatic heterocycles. The summed E-state index contributed by atoms with van der Waals surface area (Å²) in [5.41, 5.74) is 0.726. The second kappa shape index (κ2) is 6.59. The number of hydrogen-bond acceptors (Lipinski definition) is 4. The molecule has 3 aromatic rings. The van der Waals surface area contributed by atoms with Gasteiger partial charge in [0.15, 0.2) is 0 Å². The van der Waals surface area contributed by atoms with Gasteiger partial charge in [0.2, 0.25) is 10.0 Å². The molecule has 0 unspecified atom stereocenters. The van der Waals surface area contributed by atoms with Crippen LogP contribution in [0.4, 0.5) is 0 Å². The maximum Gasteiger partial charge on any atom is 0.274 e. The van der Waals surface area contributed by atoms with Crippen LogP contribution >= 0.6 is 11.6 Å². The van der Waals surface area contributed by atoms with E-state index < -0.39 is 10.0 Å². The summed E-state index contributed by atoms with van der Waals surface area (Å²) in [6, 6.07) is 11.7. The molecule has 0 fully saturated rings. The van der Waals surface area contributed by atoms with E-state index in [1.54, 1.807) is 43.3 Å². The maximum atomic E-state index is 12.6. The van der Waals surface area contributed by atoms with E-state index in [9.17, 15) is 13.2 Å². The maximum absolute atomic E-state index is 12.6. The van der Waals surface area contributed by atoms with Crippen LogP contribution in [-0.2, 0) is 23.6 Å². The van der Waals surface area contributed by atoms with Crippen molar-refractivity contribution in [1.82, 2.24) is 14.5 Å². The van der Waals surface area contributed by atoms with E-state index in [-0.39, 0.29) is 17.0 Å². The van der Waals surface area contributed by atoms with Crippen molar-refractivity contribution in [2.45, 2.75) is 18.4 Å². The topological polar surface area (TPSA) is 81.1 Å². The summed E-state index contributed by atoms with van der Waals surface area (Å²) < 4.78 is 28.9. The fourth-order valence-corrected chi connectivity index (χ4v) is 4.11. The summed E-state index contributed by atoms with van der Waals surface area (Å²) in [5, 5.41) is 5.69. The predicted octanol–water partition coefficient (Wildman–Crippen LogP) is 2.37. The van der Waals surface area contributed by atoms with Crippen molar-refractivity contribution < 1.29 is 8.42 Å². The smallest absolute Gasteiger partial charge is 0.267 e. The lowest BCUT2D eigenvalue weighted by molar-refractivity contribution is 0.577. The number of aryl methyl sites for hydroxylation is 1. The standard InChI is InChI=1S/C17H16ClN3O3S/c1-11-14(18)8-5-9-16(11)25(23,24)19-10-15-12-6-3-4-7-13(12)17(22)21(2)20-15/h3-9,19H,10H2,1-2H3. The van der Waals surface area contributed by atoms with Gasteiger partial charge in [-0.25, -0.2) is 17.8 Å². The zero-order chi connectivity index (χ0) is 18.2. The van der Waals surface area contributed by atoms with Crippen LogP contribution in [0.25, 0.3) is 10.8 Å². The molecule has 1 aromatic heterocycles. The molecule has 1 N–H and O–H groups in total. The quantitative estimate of drug-likeness (QED) is 0.756. The molecule has 0 spiro atoms. The van der Waals surface area contributed by atoms with Crippen molar-refractivity contribution in [3.05, 3.63) is 69.1 Å². The second-order valence-corrected chi connectivity index (χ2v) is 7.75. The van der Waals surface area contributed by atoms with Gasteiger partial charge >= 0.3 is 0 Å². The van der Waals surface area contributed by atoms with E-state index >= 15 is 0 Å². The SMILES string of the molecule is Cc1c(Cl)cccc1S(=O)(=O)NCc1nn(C)c(=O)c2ccccc12. The third-order valence-electron chi connectivity index (χ3n) is 3.97. The number of halogens is 1. The fourth-order valence-electron chi connectivity index (χ4n) is 2.63. The number of aromatic nitrogens is 2. The number of hydrogen-bond donors (Lipinski definition) is 1. The van der Waals surface area contributed by atoms with Crippen molar-refractivity contribution in [2.75, 3.05) is 0 Å². The first-order valence-electron chi connectivity index (χ1n) is 7.51. The highest BCUT2D eigenvalue weighted by molar-refractivity contribution is 7.89. The van der Waals surface area contributed by atoms with Gasteiger partial charge in [0.05, 0.1) is 22.5 Å². The number of sulfonamides is 1. The van der Waals surface area contributed by atoms with Gasteiger partial charge in [-0.15, -0.1) is 0 Å². The number of fused-ring (bicyclic) bond motifs is 1. The molecule has 8 heteroatoms. The van der Waals surface area contributed by atoms with Gasteiger partial charge in [-0.2, -0.15) is 5.10 Å². The Bertz CT molecular complexity index is 1120. The van der Waals surface area contributed by atoms with Crippen LogP contribution in [-0.4, -0.2) is 18.2 Å². The molecule has 3 rings (SSSR count). The van der Waals surface area contributed by atoms with Crippen LogP contribution in [0.1, 0.15) is 11.3 Å². The summed E-state index contributed by atoms with van der Waals surface area (Å²) >= 11 is 6.01. The monoisotopic (exact) mass is 377 g/mol. The molecule has 25 heavy (non-hydrogen) atoms. The zero-order valence-electron chi connectivity index (χ0n) is 13.7. The number of nitrogens with zero attached hydrogens (tertiary/aromatic N) is 2. The average molecular weight is 378 g/mol. The molecule has 0 amide bonds. The summed E-state index contributed by atoms with van der Waals surface area (Å²) in [6.45, 7) is 1.61. The van der Waals surface area contributed by atoms with Gasteiger partial charge in [0.25, 0.3) is 5.56 Å². The highest BCUT2D eigenvalue weighted by atomic mass is 35.5. The van der Waals surface area contributed by atoms with E-state index in [2.05, 4.69) is 9.82 Å². The summed E-state index contributed by atoms with van der Waals surface area (Å²) in [4.78, 5) is 12.3. The van der Waals surface area contributed by atoms with E-state index in [4.69, 9.17) is 11.6 Å². The lowest BCUT2D eigenvalue weighted by Gasteiger charge is -2.12. The third kappa shape index (κ3) is 3.30. The van der Waals surface area contributed by atoms with E-state index in [0.29, 0.717) is 27.1 Å². The first-order chi connectivity index (χ1) is 11.8. The Hall–Kier alpha value is -2.22. The molecule has 0 saturated heterocycles. The molecule has 2 aromatic carbocycles. The van der Waals surface area contributed by atoms with Crippen molar-refractivity contribution in [1.29, 1.82) is 0 Å². The molecule has 1 heterocycles. The van der Waals surface area contributed by atoms with Gasteiger partial charge in [0.1, 0.15) is 0 Å². The van der Waals surface area contributed by atoms with Crippen molar-refractivity contribution in [3.8, 4) is 0 Å². The van der Waals surface area contributed by atoms with Crippen molar-refractivity contribution in [2.24, 2.45) is 7.05 Å². The van der Waals surface area contributed by atoms with Crippen LogP contribution < -0.4 is 10.3 Å². The molecule has 0 aliphatic carbocycles. The second-order valence-electron chi connectivity index (χ2n) is 5.61. The Balaban J connectivity index is 1.99. The first-order valence-corrected chi connectivity index (χ1v) is 9.37. The first kappa shape index (κ1) is 17.6. The Labute approximate surface area is 150 Å². The third-order valence-corrected chi connectivity index (χ3v) is 5.93. The predicted molar refractivity (Wildman–Crippen MR) is 97.2 cm³/mol. The zero-order valence-corrected chi connectivity index (χ0v) is 15.2. The Kier molecular flexibility index (Phi) is 4.64. The van der Waals surface area contributed by atoms with Crippen LogP contribution in [0.2, 0.25) is 5.02 Å². The normalized spacial score (nSPS) is 11.8. The highest BCUT2D eigenvalue weighted by Gasteiger charge is 2.19. The summed E-state index contributed by atoms with van der Waals surface area (Å²) in [7, 11) is -2.23. The minimum absolute atomic E-state index is 0.0388. The number of rotatable bonds is 4. The van der Waals surface area contributed by atoms with Gasteiger partial charge in [-0.1, -0.05) is 35.9 Å². The summed E-state index contributed by atoms with van der Waals surface area (Å²) in [6.07, 6.45) is 0. The fraction of sp³-hybridized carbons (Fsp3) is 0.176. The van der Waals surface area contributed by atoms with Gasteiger partial charge in [0, 0.05) is 17.5 Å². The molecule has 0 aliphatic rings. The van der Waals surface area contributed by atoms with Crippen LogP contribution in [0.3, 0.4) is 0 Å². The molecule has 130 valence electrons. The van der Waals surface area contributed by atoms with E-state index in [1.165, 1.54) is 17.8 Å². The molecule has 0 atom stereocenters. The lowest BCUT2D eigenvalue weighted by Crippen LogP contribution is -2.27. The van der Waals surface area contributed by atoms with E-state index in [1.807, 2.05) is 0 Å². The largest absolute Gasteiger partial charge is 0.274 e. The van der Waals surface area contributed by atoms with Crippen LogP contribution in [0.5, 0.6) is 0 Å². The molecule has 6 nitrogen and oxygen atoms in total. The van der Waals surface area contributed by atoms with Crippen LogP contribution in [0.15, 0.2) is 52.2 Å². The number of nitrogens with one attached hydrogen (secondary N) is 1. The molecule has 0 bridgehead atoms. The molecular formula is C17H16ClN3O3S. The Morgan fingerprint density at radius 1 is 1.12 bits per heavy atom. The lowest BCUT2D eigenvalue weighted by atomic mass is 10.1. The van der Waals surface area contributed by atoms with Gasteiger partial charge < -0.3 is 0 Å². The Morgan fingerprint density at radius 3 is 2.52 bits per heavy atom. The van der Waals surface area contributed by atoms with Gasteiger partial charge in [-0.05, 0) is 30.7 Å². The summed E-state index contributed by atoms with van der Waals surface area (Å²) in [5.74, 6) is 0.